The maximum Gasteiger partial charge on any atom is 0.196 e. The molecular weight excluding hydrogens is 441 g/mol. The number of rotatable bonds is 1. The zero-order valence-electron chi connectivity index (χ0n) is 11.6. The monoisotopic (exact) mass is 449 g/mol. The molecule has 1 N–H and O–H groups in total. The van der Waals surface area contributed by atoms with Crippen molar-refractivity contribution in [3.05, 3.63) is 68.2 Å². The molecule has 1 aliphatic heterocycles. The Balaban J connectivity index is 0.00000156. The van der Waals surface area contributed by atoms with Gasteiger partial charge in [0.15, 0.2) is 5.72 Å². The second-order valence-corrected chi connectivity index (χ2v) is 7.85. The number of benzene rings is 2. The smallest absolute Gasteiger partial charge is 0.196 e. The van der Waals surface area contributed by atoms with Crippen molar-refractivity contribution in [2.24, 2.45) is 4.99 Å². The summed E-state index contributed by atoms with van der Waals surface area (Å²) in [7, 11) is 0. The Morgan fingerprint density at radius 1 is 1.09 bits per heavy atom. The van der Waals surface area contributed by atoms with E-state index in [9.17, 15) is 5.11 Å². The van der Waals surface area contributed by atoms with E-state index in [-0.39, 0.29) is 22.2 Å². The zero-order valence-corrected chi connectivity index (χ0v) is 16.4. The van der Waals surface area contributed by atoms with Gasteiger partial charge in [0.2, 0.25) is 0 Å². The predicted molar refractivity (Wildman–Crippen MR) is 104 cm³/mol. The summed E-state index contributed by atoms with van der Waals surface area (Å²) >= 11 is 19.8. The normalized spacial score (nSPS) is 24.7. The SMILES string of the molecule is Br.OC12N=C(c3ccc(Cl)cc3Cl)SC1Cc1cc(Cl)ccc12. The van der Waals surface area contributed by atoms with Crippen LogP contribution in [0.1, 0.15) is 16.7 Å². The van der Waals surface area contributed by atoms with Crippen LogP contribution in [0.25, 0.3) is 0 Å². The second kappa shape index (κ2) is 6.25. The lowest BCUT2D eigenvalue weighted by Crippen LogP contribution is -2.27. The van der Waals surface area contributed by atoms with Gasteiger partial charge in [0.05, 0.1) is 10.3 Å². The molecule has 0 radical (unpaired) electrons. The van der Waals surface area contributed by atoms with Crippen molar-refractivity contribution in [3.8, 4) is 0 Å². The number of hydrogen-bond acceptors (Lipinski definition) is 3. The van der Waals surface area contributed by atoms with Gasteiger partial charge >= 0.3 is 0 Å². The van der Waals surface area contributed by atoms with Crippen LogP contribution in [-0.4, -0.2) is 15.4 Å². The fourth-order valence-corrected chi connectivity index (χ4v) is 5.09. The van der Waals surface area contributed by atoms with Crippen LogP contribution >= 0.6 is 63.5 Å². The van der Waals surface area contributed by atoms with E-state index in [1.807, 2.05) is 18.2 Å². The summed E-state index contributed by atoms with van der Waals surface area (Å²) in [5.41, 5.74) is 1.48. The van der Waals surface area contributed by atoms with Gasteiger partial charge in [0, 0.05) is 21.2 Å². The van der Waals surface area contributed by atoms with Crippen LogP contribution in [0.4, 0.5) is 0 Å². The Hall–Kier alpha value is -0.230. The molecule has 2 aromatic carbocycles. The number of halogens is 4. The minimum atomic E-state index is -1.21. The van der Waals surface area contributed by atoms with E-state index >= 15 is 0 Å². The highest BCUT2D eigenvalue weighted by molar-refractivity contribution is 8.93. The van der Waals surface area contributed by atoms with Crippen LogP contribution in [0.15, 0.2) is 41.4 Å². The molecule has 0 aromatic heterocycles. The first-order valence-corrected chi connectivity index (χ1v) is 8.72. The molecule has 23 heavy (non-hydrogen) atoms. The number of aliphatic imine (C=N–C) groups is 1. The first-order valence-electron chi connectivity index (χ1n) is 6.70. The average Bonchev–Trinajstić information content (AvgIpc) is 2.88. The highest BCUT2D eigenvalue weighted by Crippen LogP contribution is 2.51. The van der Waals surface area contributed by atoms with E-state index in [2.05, 4.69) is 4.99 Å². The fourth-order valence-electron chi connectivity index (χ4n) is 2.96. The largest absolute Gasteiger partial charge is 0.365 e. The van der Waals surface area contributed by atoms with Gasteiger partial charge < -0.3 is 5.11 Å². The molecule has 1 aliphatic carbocycles. The first kappa shape index (κ1) is 17.6. The van der Waals surface area contributed by atoms with Crippen LogP contribution in [0, 0.1) is 0 Å². The van der Waals surface area contributed by atoms with Crippen LogP contribution in [0.3, 0.4) is 0 Å². The Morgan fingerprint density at radius 2 is 1.78 bits per heavy atom. The van der Waals surface area contributed by atoms with E-state index in [4.69, 9.17) is 34.8 Å². The average molecular weight is 452 g/mol. The van der Waals surface area contributed by atoms with E-state index in [0.717, 1.165) is 28.2 Å². The Kier molecular flexibility index (Phi) is 4.78. The molecule has 7 heteroatoms. The Morgan fingerprint density at radius 3 is 2.52 bits per heavy atom. The molecule has 1 heterocycles. The van der Waals surface area contributed by atoms with E-state index in [1.54, 1.807) is 30.0 Å². The fraction of sp³-hybridized carbons (Fsp3) is 0.188. The summed E-state index contributed by atoms with van der Waals surface area (Å²) in [4.78, 5) is 4.58. The predicted octanol–water partition coefficient (Wildman–Crippen LogP) is 5.49. The lowest BCUT2D eigenvalue weighted by atomic mass is 10.1. The molecular formula is C16H11BrCl3NOS. The lowest BCUT2D eigenvalue weighted by Gasteiger charge is -2.19. The molecule has 0 saturated heterocycles. The van der Waals surface area contributed by atoms with Crippen LogP contribution in [-0.2, 0) is 12.1 Å². The van der Waals surface area contributed by atoms with Crippen molar-refractivity contribution >= 4 is 68.6 Å². The maximum atomic E-state index is 11.0. The van der Waals surface area contributed by atoms with Gasteiger partial charge in [-0.05, 0) is 42.3 Å². The first-order chi connectivity index (χ1) is 10.5. The quantitative estimate of drug-likeness (QED) is 0.622. The van der Waals surface area contributed by atoms with Crippen molar-refractivity contribution in [2.75, 3.05) is 0 Å². The summed E-state index contributed by atoms with van der Waals surface area (Å²) < 4.78 is 0. The van der Waals surface area contributed by atoms with Gasteiger partial charge in [-0.15, -0.1) is 17.0 Å². The molecule has 2 unspecified atom stereocenters. The molecule has 0 amide bonds. The molecule has 2 aromatic rings. The molecule has 2 atom stereocenters. The third-order valence-electron chi connectivity index (χ3n) is 4.01. The van der Waals surface area contributed by atoms with Gasteiger partial charge in [-0.25, -0.2) is 4.99 Å². The molecule has 4 rings (SSSR count). The Bertz CT molecular complexity index is 829. The van der Waals surface area contributed by atoms with Gasteiger partial charge in [-0.1, -0.05) is 52.6 Å². The highest BCUT2D eigenvalue weighted by Gasteiger charge is 2.51. The number of nitrogens with zero attached hydrogens (tertiary/aromatic N) is 1. The third kappa shape index (κ3) is 2.84. The van der Waals surface area contributed by atoms with Gasteiger partial charge in [-0.3, -0.25) is 0 Å². The number of fused-ring (bicyclic) bond motifs is 3. The van der Waals surface area contributed by atoms with Crippen molar-refractivity contribution < 1.29 is 5.11 Å². The third-order valence-corrected chi connectivity index (χ3v) is 6.10. The molecule has 120 valence electrons. The molecule has 0 fully saturated rings. The molecule has 0 spiro atoms. The van der Waals surface area contributed by atoms with Crippen molar-refractivity contribution in [3.63, 3.8) is 0 Å². The van der Waals surface area contributed by atoms with Crippen LogP contribution in [0.5, 0.6) is 0 Å². The van der Waals surface area contributed by atoms with Crippen LogP contribution in [0.2, 0.25) is 15.1 Å². The molecule has 0 saturated carbocycles. The molecule has 2 nitrogen and oxygen atoms in total. The van der Waals surface area contributed by atoms with Crippen LogP contribution < -0.4 is 0 Å². The van der Waals surface area contributed by atoms with Crippen molar-refractivity contribution in [1.29, 1.82) is 0 Å². The zero-order chi connectivity index (χ0) is 15.5. The number of hydrogen-bond donors (Lipinski definition) is 1. The summed E-state index contributed by atoms with van der Waals surface area (Å²) in [6.07, 6.45) is 0.731. The van der Waals surface area contributed by atoms with E-state index in [1.165, 1.54) is 0 Å². The van der Waals surface area contributed by atoms with Crippen molar-refractivity contribution in [2.45, 2.75) is 17.4 Å². The summed E-state index contributed by atoms with van der Waals surface area (Å²) in [5.74, 6) is 0. The lowest BCUT2D eigenvalue weighted by molar-refractivity contribution is 0.0581. The van der Waals surface area contributed by atoms with Gasteiger partial charge in [0.25, 0.3) is 0 Å². The summed E-state index contributed by atoms with van der Waals surface area (Å²) in [6, 6.07) is 10.8. The minimum absolute atomic E-state index is 0. The topological polar surface area (TPSA) is 32.6 Å². The highest BCUT2D eigenvalue weighted by atomic mass is 79.9. The molecule has 0 bridgehead atoms. The number of thioether (sulfide) groups is 1. The van der Waals surface area contributed by atoms with E-state index in [0.29, 0.717) is 15.1 Å². The van der Waals surface area contributed by atoms with Crippen molar-refractivity contribution in [1.82, 2.24) is 0 Å². The standard InChI is InChI=1S/C16H10Cl3NOS.BrH/c17-9-2-4-12-8(5-9)6-14-16(12,21)20-15(22-14)11-3-1-10(18)7-13(11)19;/h1-5,7,14,21H,6H2;1H. The summed E-state index contributed by atoms with van der Waals surface area (Å²) in [5, 5.41) is 13.5. The maximum absolute atomic E-state index is 11.0. The number of aliphatic hydroxyl groups is 1. The van der Waals surface area contributed by atoms with Gasteiger partial charge in [0.1, 0.15) is 5.04 Å². The minimum Gasteiger partial charge on any atom is -0.365 e. The Labute approximate surface area is 163 Å². The van der Waals surface area contributed by atoms with E-state index < -0.39 is 5.72 Å². The molecule has 2 aliphatic rings. The van der Waals surface area contributed by atoms with Gasteiger partial charge in [-0.2, -0.15) is 0 Å². The summed E-state index contributed by atoms with van der Waals surface area (Å²) in [6.45, 7) is 0. The second-order valence-electron chi connectivity index (χ2n) is 5.38.